The SMILES string of the molecule is C[C@H]1Cc2ccccc2N1S(=O)(=O)c1cc(Br)cc(C(=O)[O-])c1. The number of benzene rings is 2. The minimum absolute atomic E-state index is 0.0744. The van der Waals surface area contributed by atoms with Gasteiger partial charge in [-0.1, -0.05) is 34.1 Å². The van der Waals surface area contributed by atoms with E-state index in [0.29, 0.717) is 16.6 Å². The lowest BCUT2D eigenvalue weighted by atomic mass is 10.1. The number of fused-ring (bicyclic) bond motifs is 1. The van der Waals surface area contributed by atoms with E-state index in [9.17, 15) is 18.3 Å². The van der Waals surface area contributed by atoms with Gasteiger partial charge in [0.2, 0.25) is 0 Å². The lowest BCUT2D eigenvalue weighted by molar-refractivity contribution is -0.255. The predicted octanol–water partition coefficient (Wildman–Crippen LogP) is 1.95. The number of nitrogens with zero attached hydrogens (tertiary/aromatic N) is 1. The van der Waals surface area contributed by atoms with E-state index in [0.717, 1.165) is 11.6 Å². The minimum atomic E-state index is -3.87. The zero-order valence-corrected chi connectivity index (χ0v) is 14.6. The van der Waals surface area contributed by atoms with Crippen LogP contribution in [0.4, 0.5) is 5.69 Å². The topological polar surface area (TPSA) is 77.5 Å². The lowest BCUT2D eigenvalue weighted by Gasteiger charge is -2.25. The first-order valence-electron chi connectivity index (χ1n) is 6.95. The van der Waals surface area contributed by atoms with E-state index >= 15 is 0 Å². The predicted molar refractivity (Wildman–Crippen MR) is 87.7 cm³/mol. The fourth-order valence-electron chi connectivity index (χ4n) is 2.85. The minimum Gasteiger partial charge on any atom is -0.545 e. The zero-order chi connectivity index (χ0) is 16.8. The Morgan fingerprint density at radius 1 is 1.26 bits per heavy atom. The van der Waals surface area contributed by atoms with E-state index in [2.05, 4.69) is 15.9 Å². The van der Waals surface area contributed by atoms with Crippen LogP contribution in [-0.4, -0.2) is 20.4 Å². The summed E-state index contributed by atoms with van der Waals surface area (Å²) in [5.74, 6) is -1.42. The number of carboxylic acid groups (broad SMARTS) is 1. The smallest absolute Gasteiger partial charge is 0.264 e. The van der Waals surface area contributed by atoms with Crippen molar-refractivity contribution < 1.29 is 18.3 Å². The Kier molecular flexibility index (Phi) is 3.93. The molecule has 3 rings (SSSR count). The molecule has 1 heterocycles. The highest BCUT2D eigenvalue weighted by molar-refractivity contribution is 9.10. The van der Waals surface area contributed by atoms with Crippen LogP contribution >= 0.6 is 15.9 Å². The molecule has 0 spiro atoms. The third-order valence-electron chi connectivity index (χ3n) is 3.81. The fourth-order valence-corrected chi connectivity index (χ4v) is 5.26. The molecule has 7 heteroatoms. The fraction of sp³-hybridized carbons (Fsp3) is 0.188. The Morgan fingerprint density at radius 3 is 2.65 bits per heavy atom. The van der Waals surface area contributed by atoms with E-state index in [1.165, 1.54) is 16.4 Å². The highest BCUT2D eigenvalue weighted by Gasteiger charge is 2.36. The van der Waals surface area contributed by atoms with Gasteiger partial charge in [-0.05, 0) is 48.7 Å². The number of hydrogen-bond donors (Lipinski definition) is 0. The van der Waals surface area contributed by atoms with Crippen LogP contribution in [0.1, 0.15) is 22.8 Å². The molecule has 0 unspecified atom stereocenters. The van der Waals surface area contributed by atoms with Crippen LogP contribution in [0, 0.1) is 0 Å². The number of carbonyl (C=O) groups is 1. The van der Waals surface area contributed by atoms with Crippen molar-refractivity contribution in [3.05, 3.63) is 58.1 Å². The molecule has 0 saturated heterocycles. The van der Waals surface area contributed by atoms with E-state index < -0.39 is 16.0 Å². The second kappa shape index (κ2) is 5.65. The Balaban J connectivity index is 2.15. The van der Waals surface area contributed by atoms with Crippen LogP contribution in [-0.2, 0) is 16.4 Å². The molecular weight excluding hydrogens is 382 g/mol. The average molecular weight is 395 g/mol. The molecule has 2 aromatic rings. The van der Waals surface area contributed by atoms with Crippen molar-refractivity contribution in [1.82, 2.24) is 0 Å². The second-order valence-corrected chi connectivity index (χ2v) is 8.18. The van der Waals surface area contributed by atoms with Crippen LogP contribution in [0.2, 0.25) is 0 Å². The number of anilines is 1. The van der Waals surface area contributed by atoms with Gasteiger partial charge in [0, 0.05) is 10.5 Å². The first-order valence-corrected chi connectivity index (χ1v) is 9.18. The summed E-state index contributed by atoms with van der Waals surface area (Å²) in [7, 11) is -3.87. The van der Waals surface area contributed by atoms with Gasteiger partial charge in [0.1, 0.15) is 0 Å². The molecule has 0 radical (unpaired) electrons. The molecule has 0 fully saturated rings. The van der Waals surface area contributed by atoms with E-state index in [4.69, 9.17) is 0 Å². The second-order valence-electron chi connectivity index (χ2n) is 5.45. The quantitative estimate of drug-likeness (QED) is 0.796. The third-order valence-corrected chi connectivity index (χ3v) is 6.17. The van der Waals surface area contributed by atoms with Crippen molar-refractivity contribution in [3.63, 3.8) is 0 Å². The number of halogens is 1. The number of carbonyl (C=O) groups excluding carboxylic acids is 1. The summed E-state index contributed by atoms with van der Waals surface area (Å²) in [4.78, 5) is 11.0. The van der Waals surface area contributed by atoms with Crippen LogP contribution in [0.25, 0.3) is 0 Å². The molecular formula is C16H13BrNO4S-. The van der Waals surface area contributed by atoms with E-state index in [-0.39, 0.29) is 16.5 Å². The molecule has 2 aromatic carbocycles. The number of carboxylic acids is 1. The standard InChI is InChI=1S/C16H14BrNO4S/c1-10-6-11-4-2-3-5-15(11)18(10)23(21,22)14-8-12(16(19)20)7-13(17)9-14/h2-5,7-10H,6H2,1H3,(H,19,20)/p-1/t10-/m0/s1. The molecule has 0 saturated carbocycles. The average Bonchev–Trinajstić information content (AvgIpc) is 2.82. The summed E-state index contributed by atoms with van der Waals surface area (Å²) in [5, 5.41) is 11.1. The maximum Gasteiger partial charge on any atom is 0.264 e. The summed E-state index contributed by atoms with van der Waals surface area (Å²) in [6, 6.07) is 10.9. The Hall–Kier alpha value is -1.86. The van der Waals surface area contributed by atoms with Crippen molar-refractivity contribution in [3.8, 4) is 0 Å². The van der Waals surface area contributed by atoms with Gasteiger partial charge in [0.05, 0.1) is 16.6 Å². The molecule has 23 heavy (non-hydrogen) atoms. The Morgan fingerprint density at radius 2 is 1.96 bits per heavy atom. The summed E-state index contributed by atoms with van der Waals surface area (Å²) in [6.45, 7) is 1.83. The van der Waals surface area contributed by atoms with Crippen LogP contribution in [0.3, 0.4) is 0 Å². The van der Waals surface area contributed by atoms with Crippen molar-refractivity contribution in [2.75, 3.05) is 4.31 Å². The van der Waals surface area contributed by atoms with E-state index in [1.54, 1.807) is 12.1 Å². The van der Waals surface area contributed by atoms with Gasteiger partial charge in [0.25, 0.3) is 10.0 Å². The van der Waals surface area contributed by atoms with Crippen molar-refractivity contribution in [2.45, 2.75) is 24.3 Å². The van der Waals surface area contributed by atoms with Gasteiger partial charge < -0.3 is 9.90 Å². The Bertz CT molecular complexity index is 895. The first-order chi connectivity index (χ1) is 10.8. The molecule has 1 atom stereocenters. The van der Waals surface area contributed by atoms with Gasteiger partial charge in [-0.3, -0.25) is 4.31 Å². The van der Waals surface area contributed by atoms with Gasteiger partial charge in [-0.25, -0.2) is 8.42 Å². The number of hydrogen-bond acceptors (Lipinski definition) is 4. The summed E-state index contributed by atoms with van der Waals surface area (Å²) in [5.41, 5.74) is 1.41. The summed E-state index contributed by atoms with van der Waals surface area (Å²) >= 11 is 3.16. The molecule has 120 valence electrons. The number of para-hydroxylation sites is 1. The Labute approximate surface area is 142 Å². The van der Waals surface area contributed by atoms with Gasteiger partial charge in [-0.2, -0.15) is 0 Å². The largest absolute Gasteiger partial charge is 0.545 e. The summed E-state index contributed by atoms with van der Waals surface area (Å²) in [6.07, 6.45) is 0.622. The number of aromatic carboxylic acids is 1. The molecule has 0 bridgehead atoms. The van der Waals surface area contributed by atoms with Gasteiger partial charge in [0.15, 0.2) is 0 Å². The van der Waals surface area contributed by atoms with Crippen LogP contribution in [0.5, 0.6) is 0 Å². The molecule has 5 nitrogen and oxygen atoms in total. The highest BCUT2D eigenvalue weighted by Crippen LogP contribution is 2.37. The van der Waals surface area contributed by atoms with E-state index in [1.807, 2.05) is 19.1 Å². The third kappa shape index (κ3) is 2.74. The maximum absolute atomic E-state index is 13.0. The zero-order valence-electron chi connectivity index (χ0n) is 12.2. The summed E-state index contributed by atoms with van der Waals surface area (Å²) < 4.78 is 27.8. The van der Waals surface area contributed by atoms with Crippen LogP contribution in [0.15, 0.2) is 51.8 Å². The number of sulfonamides is 1. The monoisotopic (exact) mass is 394 g/mol. The molecule has 0 N–H and O–H groups in total. The van der Waals surface area contributed by atoms with Crippen molar-refractivity contribution >= 4 is 37.6 Å². The normalized spacial score (nSPS) is 17.1. The van der Waals surface area contributed by atoms with Crippen molar-refractivity contribution in [1.29, 1.82) is 0 Å². The first kappa shape index (κ1) is 16.0. The molecule has 0 amide bonds. The lowest BCUT2D eigenvalue weighted by Crippen LogP contribution is -2.36. The maximum atomic E-state index is 13.0. The molecule has 1 aliphatic rings. The van der Waals surface area contributed by atoms with Crippen LogP contribution < -0.4 is 9.41 Å². The molecule has 0 aliphatic carbocycles. The molecule has 1 aliphatic heterocycles. The van der Waals surface area contributed by atoms with Gasteiger partial charge >= 0.3 is 0 Å². The van der Waals surface area contributed by atoms with Crippen molar-refractivity contribution in [2.24, 2.45) is 0 Å². The number of rotatable bonds is 3. The van der Waals surface area contributed by atoms with Gasteiger partial charge in [-0.15, -0.1) is 0 Å². The molecule has 0 aromatic heterocycles. The highest BCUT2D eigenvalue weighted by atomic mass is 79.9.